The van der Waals surface area contributed by atoms with Crippen LogP contribution in [0.1, 0.15) is 33.1 Å². The molecule has 0 aromatic rings. The highest BCUT2D eigenvalue weighted by Crippen LogP contribution is 2.50. The van der Waals surface area contributed by atoms with Crippen LogP contribution in [0, 0.1) is 16.7 Å². The van der Waals surface area contributed by atoms with Crippen molar-refractivity contribution in [3.8, 4) is 6.07 Å². The molecule has 1 rings (SSSR count). The zero-order valence-corrected chi connectivity index (χ0v) is 8.03. The number of hydrogen-bond acceptors (Lipinski definition) is 1. The summed E-state index contributed by atoms with van der Waals surface area (Å²) in [5.74, 6) is 0. The minimum atomic E-state index is -0.250. The zero-order valence-electron chi connectivity index (χ0n) is 6.45. The lowest BCUT2D eigenvalue weighted by molar-refractivity contribution is 0.351. The first-order chi connectivity index (χ1) is 4.52. The molecule has 1 nitrogen and oxygen atoms in total. The van der Waals surface area contributed by atoms with Gasteiger partial charge in [-0.15, -0.1) is 0 Å². The number of rotatable bonds is 0. The van der Waals surface area contributed by atoms with Crippen LogP contribution >= 0.6 is 15.9 Å². The maximum Gasteiger partial charge on any atom is 0.117 e. The van der Waals surface area contributed by atoms with Gasteiger partial charge in [-0.25, -0.2) is 0 Å². The molecule has 56 valence electrons. The lowest BCUT2D eigenvalue weighted by atomic mass is 9.83. The molecule has 1 aliphatic rings. The van der Waals surface area contributed by atoms with Crippen LogP contribution in [0.5, 0.6) is 0 Å². The summed E-state index contributed by atoms with van der Waals surface area (Å²) in [4.78, 5) is 0. The molecule has 0 aromatic heterocycles. The van der Waals surface area contributed by atoms with Gasteiger partial charge in [0, 0.05) is 0 Å². The monoisotopic (exact) mass is 201 g/mol. The van der Waals surface area contributed by atoms with Crippen LogP contribution < -0.4 is 0 Å². The third-order valence-electron chi connectivity index (χ3n) is 2.57. The summed E-state index contributed by atoms with van der Waals surface area (Å²) >= 11 is 3.51. The largest absolute Gasteiger partial charge is 0.197 e. The number of hydrogen-bond donors (Lipinski definition) is 0. The van der Waals surface area contributed by atoms with E-state index in [1.807, 2.05) is 0 Å². The second-order valence-corrected chi connectivity index (χ2v) is 5.00. The predicted molar refractivity (Wildman–Crippen MR) is 44.9 cm³/mol. The topological polar surface area (TPSA) is 23.8 Å². The molecule has 1 aliphatic carbocycles. The molecule has 0 heterocycles. The molecule has 0 N–H and O–H groups in total. The number of nitriles is 1. The van der Waals surface area contributed by atoms with Crippen molar-refractivity contribution in [3.05, 3.63) is 0 Å². The van der Waals surface area contributed by atoms with Crippen molar-refractivity contribution in [1.29, 1.82) is 5.26 Å². The lowest BCUT2D eigenvalue weighted by Crippen LogP contribution is -2.31. The molecule has 0 spiro atoms. The van der Waals surface area contributed by atoms with E-state index >= 15 is 0 Å². The molecule has 0 aromatic carbocycles. The highest BCUT2D eigenvalue weighted by atomic mass is 79.9. The summed E-state index contributed by atoms with van der Waals surface area (Å²) in [6.45, 7) is 4.30. The Bertz CT molecular complexity index is 180. The Kier molecular flexibility index (Phi) is 1.80. The van der Waals surface area contributed by atoms with E-state index in [-0.39, 0.29) is 9.74 Å². The van der Waals surface area contributed by atoms with E-state index in [9.17, 15) is 0 Å². The van der Waals surface area contributed by atoms with Gasteiger partial charge in [0.15, 0.2) is 0 Å². The average Bonchev–Trinajstić information content (AvgIpc) is 2.10. The van der Waals surface area contributed by atoms with Crippen molar-refractivity contribution >= 4 is 15.9 Å². The molecule has 1 fully saturated rings. The first-order valence-electron chi connectivity index (χ1n) is 3.62. The van der Waals surface area contributed by atoms with Gasteiger partial charge < -0.3 is 0 Å². The Morgan fingerprint density at radius 1 is 1.40 bits per heavy atom. The predicted octanol–water partition coefficient (Wildman–Crippen LogP) is 2.85. The Hall–Kier alpha value is -0.0300. The van der Waals surface area contributed by atoms with E-state index < -0.39 is 0 Å². The van der Waals surface area contributed by atoms with Gasteiger partial charge in [-0.1, -0.05) is 36.2 Å². The SMILES string of the molecule is CC1(C)CCCC1(Br)C#N. The Labute approximate surface area is 70.5 Å². The standard InChI is InChI=1S/C8H12BrN/c1-7(2)4-3-5-8(7,9)6-10/h3-5H2,1-2H3. The molecule has 0 radical (unpaired) electrons. The molecule has 0 bridgehead atoms. The zero-order chi connectivity index (χ0) is 7.83. The van der Waals surface area contributed by atoms with Crippen molar-refractivity contribution < 1.29 is 0 Å². The minimum Gasteiger partial charge on any atom is -0.197 e. The molecule has 1 atom stereocenters. The van der Waals surface area contributed by atoms with E-state index in [1.54, 1.807) is 0 Å². The summed E-state index contributed by atoms with van der Waals surface area (Å²) in [5, 5.41) is 8.86. The maximum atomic E-state index is 8.86. The van der Waals surface area contributed by atoms with Crippen LogP contribution in [0.25, 0.3) is 0 Å². The summed E-state index contributed by atoms with van der Waals surface area (Å²) in [6, 6.07) is 2.35. The quantitative estimate of drug-likeness (QED) is 0.554. The van der Waals surface area contributed by atoms with Crippen molar-refractivity contribution in [2.24, 2.45) is 5.41 Å². The third-order valence-corrected chi connectivity index (χ3v) is 4.22. The van der Waals surface area contributed by atoms with Gasteiger partial charge >= 0.3 is 0 Å². The number of nitrogens with zero attached hydrogens (tertiary/aromatic N) is 1. The van der Waals surface area contributed by atoms with E-state index in [0.717, 1.165) is 12.8 Å². The maximum absolute atomic E-state index is 8.86. The molecule has 1 unspecified atom stereocenters. The summed E-state index contributed by atoms with van der Waals surface area (Å²) < 4.78 is -0.250. The minimum absolute atomic E-state index is 0.155. The third kappa shape index (κ3) is 0.971. The molecule has 0 amide bonds. The van der Waals surface area contributed by atoms with Crippen LogP contribution in [-0.4, -0.2) is 4.32 Å². The van der Waals surface area contributed by atoms with Gasteiger partial charge in [-0.05, 0) is 18.3 Å². The van der Waals surface area contributed by atoms with Gasteiger partial charge in [-0.3, -0.25) is 0 Å². The van der Waals surface area contributed by atoms with Crippen molar-refractivity contribution in [3.63, 3.8) is 0 Å². The van der Waals surface area contributed by atoms with Crippen molar-refractivity contribution in [2.75, 3.05) is 0 Å². The summed E-state index contributed by atoms with van der Waals surface area (Å²) in [5.41, 5.74) is 0.155. The second-order valence-electron chi connectivity index (χ2n) is 3.65. The molecule has 0 aliphatic heterocycles. The van der Waals surface area contributed by atoms with E-state index in [1.165, 1.54) is 6.42 Å². The lowest BCUT2D eigenvalue weighted by Gasteiger charge is -2.29. The van der Waals surface area contributed by atoms with Crippen LogP contribution in [0.2, 0.25) is 0 Å². The van der Waals surface area contributed by atoms with Crippen molar-refractivity contribution in [1.82, 2.24) is 0 Å². The molecule has 1 saturated carbocycles. The highest BCUT2D eigenvalue weighted by molar-refractivity contribution is 9.10. The Balaban J connectivity index is 2.89. The van der Waals surface area contributed by atoms with Crippen LogP contribution in [0.4, 0.5) is 0 Å². The molecular formula is C8H12BrN. The smallest absolute Gasteiger partial charge is 0.117 e. The molecule has 2 heteroatoms. The average molecular weight is 202 g/mol. The van der Waals surface area contributed by atoms with Crippen molar-refractivity contribution in [2.45, 2.75) is 37.4 Å². The normalized spacial score (nSPS) is 37.4. The van der Waals surface area contributed by atoms with Crippen LogP contribution in [0.3, 0.4) is 0 Å². The van der Waals surface area contributed by atoms with Gasteiger partial charge in [0.25, 0.3) is 0 Å². The van der Waals surface area contributed by atoms with Crippen LogP contribution in [-0.2, 0) is 0 Å². The summed E-state index contributed by atoms with van der Waals surface area (Å²) in [7, 11) is 0. The number of halogens is 1. The van der Waals surface area contributed by atoms with E-state index in [4.69, 9.17) is 5.26 Å². The van der Waals surface area contributed by atoms with E-state index in [0.29, 0.717) is 0 Å². The highest BCUT2D eigenvalue weighted by Gasteiger charge is 2.47. The molecular weight excluding hydrogens is 190 g/mol. The fraction of sp³-hybridized carbons (Fsp3) is 0.875. The molecule has 0 saturated heterocycles. The fourth-order valence-electron chi connectivity index (χ4n) is 1.52. The first-order valence-corrected chi connectivity index (χ1v) is 4.41. The second kappa shape index (κ2) is 2.23. The van der Waals surface area contributed by atoms with Gasteiger partial charge in [0.05, 0.1) is 6.07 Å². The number of alkyl halides is 1. The van der Waals surface area contributed by atoms with Gasteiger partial charge in [0.1, 0.15) is 4.32 Å². The first kappa shape index (κ1) is 8.07. The van der Waals surface area contributed by atoms with Crippen LogP contribution in [0.15, 0.2) is 0 Å². The summed E-state index contributed by atoms with van der Waals surface area (Å²) in [6.07, 6.45) is 3.33. The van der Waals surface area contributed by atoms with E-state index in [2.05, 4.69) is 35.8 Å². The van der Waals surface area contributed by atoms with Gasteiger partial charge in [-0.2, -0.15) is 5.26 Å². The van der Waals surface area contributed by atoms with Gasteiger partial charge in [0.2, 0.25) is 0 Å². The Morgan fingerprint density at radius 2 is 2.00 bits per heavy atom. The Morgan fingerprint density at radius 3 is 2.20 bits per heavy atom. The molecule has 10 heavy (non-hydrogen) atoms. The fourth-order valence-corrected chi connectivity index (χ4v) is 2.00.